The zero-order valence-corrected chi connectivity index (χ0v) is 22.6. The number of nitro groups is 6. The van der Waals surface area contributed by atoms with Gasteiger partial charge in [-0.3, -0.25) is 0 Å². The van der Waals surface area contributed by atoms with E-state index in [1.54, 1.807) is 18.2 Å². The lowest BCUT2D eigenvalue weighted by Crippen LogP contribution is -3.00. The van der Waals surface area contributed by atoms with Crippen molar-refractivity contribution in [1.29, 1.82) is 0 Å². The summed E-state index contributed by atoms with van der Waals surface area (Å²) >= 11 is -6.44. The molecule has 0 saturated carbocycles. The van der Waals surface area contributed by atoms with Crippen LogP contribution >= 0.6 is 0 Å². The van der Waals surface area contributed by atoms with Crippen molar-refractivity contribution in [2.45, 2.75) is 14.7 Å². The fourth-order valence-electron chi connectivity index (χ4n) is 2.31. The van der Waals surface area contributed by atoms with Gasteiger partial charge in [-0.05, 0) is 0 Å². The van der Waals surface area contributed by atoms with Gasteiger partial charge in [0.1, 0.15) is 0 Å². The fraction of sp³-hybridized carbons (Fsp3) is 0. The number of hydrogen-bond donors (Lipinski definition) is 0. The van der Waals surface area contributed by atoms with Gasteiger partial charge < -0.3 is 14.1 Å². The molecular weight excluding hydrogens is 645 g/mol. The standard InChI is InChI=1S/3C6H5N2O4S.3FH/c3*9-7(10)13(8(11)12)6-4-2-1-3-5-6;;;/h3*1-5H;3*1H/q3*+1;;;/p-3. The lowest BCUT2D eigenvalue weighted by molar-refractivity contribution is -0.407. The summed E-state index contributed by atoms with van der Waals surface area (Å²) < 4.78 is -5.36. The first kappa shape index (κ1) is 41.4. The van der Waals surface area contributed by atoms with Gasteiger partial charge in [-0.25, -0.2) is 60.7 Å². The molecule has 0 saturated heterocycles. The van der Waals surface area contributed by atoms with E-state index in [1.807, 2.05) is 0 Å². The number of halogens is 3. The van der Waals surface area contributed by atoms with Crippen molar-refractivity contribution in [3.05, 3.63) is 152 Å². The van der Waals surface area contributed by atoms with Crippen molar-refractivity contribution in [2.24, 2.45) is 0 Å². The Morgan fingerprint density at radius 1 is 0.333 bits per heavy atom. The summed E-state index contributed by atoms with van der Waals surface area (Å²) in [6.07, 6.45) is 0. The number of nitrogens with zero attached hydrogens (tertiary/aromatic N) is 6. The second-order valence-electron chi connectivity index (χ2n) is 6.07. The van der Waals surface area contributed by atoms with Crippen LogP contribution in [0.5, 0.6) is 0 Å². The third-order valence-electron chi connectivity index (χ3n) is 3.71. The van der Waals surface area contributed by atoms with Gasteiger partial charge in [-0.1, -0.05) is 54.6 Å². The molecule has 3 rings (SSSR count). The van der Waals surface area contributed by atoms with E-state index in [4.69, 9.17) is 0 Å². The Bertz CT molecular complexity index is 1120. The highest BCUT2D eigenvalue weighted by Gasteiger charge is 2.55. The minimum Gasteiger partial charge on any atom is -1.00 e. The lowest BCUT2D eigenvalue weighted by atomic mass is 10.4. The van der Waals surface area contributed by atoms with Crippen molar-refractivity contribution in [1.82, 2.24) is 0 Å². The van der Waals surface area contributed by atoms with E-state index in [0.29, 0.717) is 0 Å². The Labute approximate surface area is 240 Å². The van der Waals surface area contributed by atoms with E-state index in [1.165, 1.54) is 72.8 Å². The molecule has 3 aromatic rings. The van der Waals surface area contributed by atoms with Crippen LogP contribution in [0.15, 0.2) is 106 Å². The summed E-state index contributed by atoms with van der Waals surface area (Å²) in [6.45, 7) is 0. The molecule has 0 heterocycles. The highest BCUT2D eigenvalue weighted by Crippen LogP contribution is 2.15. The molecule has 0 unspecified atom stereocenters. The summed E-state index contributed by atoms with van der Waals surface area (Å²) in [4.78, 5) is 62.2. The first-order chi connectivity index (χ1) is 18.4. The van der Waals surface area contributed by atoms with Crippen molar-refractivity contribution >= 4 is 33.8 Å². The monoisotopic (exact) mass is 660 g/mol. The summed E-state index contributed by atoms with van der Waals surface area (Å²) in [7, 11) is 0. The number of hydrogen-bond acceptors (Lipinski definition) is 12. The molecule has 3 aromatic carbocycles. The summed E-state index contributed by atoms with van der Waals surface area (Å²) in [5, 5.41) is 61.9. The van der Waals surface area contributed by atoms with Gasteiger partial charge in [-0.2, -0.15) is 0 Å². The van der Waals surface area contributed by atoms with Crippen LogP contribution in [0.2, 0.25) is 0 Å². The van der Waals surface area contributed by atoms with Crippen LogP contribution in [0.25, 0.3) is 0 Å². The lowest BCUT2D eigenvalue weighted by Gasteiger charge is -1.84. The fourth-order valence-corrected chi connectivity index (χ4v) is 4.87. The van der Waals surface area contributed by atoms with Gasteiger partial charge in [0.25, 0.3) is 0 Å². The summed E-state index contributed by atoms with van der Waals surface area (Å²) in [5.74, 6) is 0. The van der Waals surface area contributed by atoms with Gasteiger partial charge in [0.2, 0.25) is 0 Å². The Hall–Kier alpha value is -5.10. The van der Waals surface area contributed by atoms with Gasteiger partial charge in [0, 0.05) is 36.4 Å². The van der Waals surface area contributed by atoms with E-state index < -0.39 is 59.8 Å². The molecule has 0 N–H and O–H groups in total. The SMILES string of the molecule is O=[N+]([O-])[S+](c1ccccc1)[N+](=O)[O-].O=[N+]([O-])[S+](c1ccccc1)[N+](=O)[O-].O=[N+]([O-])[S+](c1ccccc1)[N+](=O)[O-].[F-].[F-].[F-]. The molecular formula is C18H15F3N6O12S3. The minimum atomic E-state index is -2.15. The summed E-state index contributed by atoms with van der Waals surface area (Å²) in [6, 6.07) is 22.3. The van der Waals surface area contributed by atoms with Crippen LogP contribution in [0.1, 0.15) is 0 Å². The molecule has 0 fully saturated rings. The molecule has 18 nitrogen and oxygen atoms in total. The third kappa shape index (κ3) is 13.3. The molecule has 0 radical (unpaired) electrons. The van der Waals surface area contributed by atoms with Gasteiger partial charge >= 0.3 is 74.5 Å². The Morgan fingerprint density at radius 2 is 0.476 bits per heavy atom. The molecule has 0 atom stereocenters. The van der Waals surface area contributed by atoms with Gasteiger partial charge in [0.15, 0.2) is 0 Å². The smallest absolute Gasteiger partial charge is 0.684 e. The average Bonchev–Trinajstić information content (AvgIpc) is 2.85. The maximum atomic E-state index is 10.3. The zero-order chi connectivity index (χ0) is 29.5. The molecule has 0 aromatic heterocycles. The van der Waals surface area contributed by atoms with Crippen LogP contribution in [0.4, 0.5) is 0 Å². The predicted molar refractivity (Wildman–Crippen MR) is 138 cm³/mol. The number of rotatable bonds is 9. The maximum Gasteiger partial charge on any atom is 0.684 e. The normalized spacial score (nSPS) is 9.21. The molecule has 42 heavy (non-hydrogen) atoms. The molecule has 0 aliphatic carbocycles. The van der Waals surface area contributed by atoms with E-state index >= 15 is 0 Å². The second-order valence-corrected chi connectivity index (χ2v) is 10.9. The molecule has 0 aliphatic heterocycles. The largest absolute Gasteiger partial charge is 1.00 e. The highest BCUT2D eigenvalue weighted by atomic mass is 32.2. The molecule has 0 spiro atoms. The van der Waals surface area contributed by atoms with Crippen molar-refractivity contribution in [3.8, 4) is 0 Å². The van der Waals surface area contributed by atoms with Crippen LogP contribution in [0, 0.1) is 60.7 Å². The Kier molecular flexibility index (Phi) is 20.4. The Morgan fingerprint density at radius 3 is 0.595 bits per heavy atom. The third-order valence-corrected chi connectivity index (χ3v) is 7.49. The maximum absolute atomic E-state index is 10.3. The van der Waals surface area contributed by atoms with E-state index in [0.717, 1.165) is 0 Å². The Balaban J connectivity index is -0.000000524. The van der Waals surface area contributed by atoms with Crippen molar-refractivity contribution < 1.29 is 40.1 Å². The number of benzene rings is 3. The zero-order valence-electron chi connectivity index (χ0n) is 20.1. The second kappa shape index (κ2) is 20.8. The topological polar surface area (TPSA) is 259 Å². The molecule has 0 aliphatic rings. The van der Waals surface area contributed by atoms with Crippen molar-refractivity contribution in [2.75, 3.05) is 0 Å². The first-order valence-corrected chi connectivity index (χ1v) is 13.0. The van der Waals surface area contributed by atoms with Gasteiger partial charge in [-0.15, -0.1) is 0 Å². The van der Waals surface area contributed by atoms with Crippen LogP contribution in [-0.2, 0) is 33.8 Å². The highest BCUT2D eigenvalue weighted by molar-refractivity contribution is 7.85. The summed E-state index contributed by atoms with van der Waals surface area (Å²) in [5.41, 5.74) is 0. The van der Waals surface area contributed by atoms with Crippen molar-refractivity contribution in [3.63, 3.8) is 0 Å². The molecule has 0 amide bonds. The van der Waals surface area contributed by atoms with Gasteiger partial charge in [0.05, 0.1) is 0 Å². The molecule has 228 valence electrons. The van der Waals surface area contributed by atoms with Crippen LogP contribution in [0.3, 0.4) is 0 Å². The molecule has 24 heteroatoms. The first-order valence-electron chi connectivity index (χ1n) is 9.63. The van der Waals surface area contributed by atoms with E-state index in [-0.39, 0.29) is 28.8 Å². The predicted octanol–water partition coefficient (Wildman–Crippen LogP) is -5.85. The molecule has 0 bridgehead atoms. The van der Waals surface area contributed by atoms with Crippen LogP contribution < -0.4 is 14.1 Å². The quantitative estimate of drug-likeness (QED) is 0.118. The van der Waals surface area contributed by atoms with E-state index in [2.05, 4.69) is 0 Å². The van der Waals surface area contributed by atoms with Crippen LogP contribution in [-0.4, -0.2) is 26.0 Å². The minimum absolute atomic E-state index is 0. The van der Waals surface area contributed by atoms with E-state index in [9.17, 15) is 60.7 Å². The average molecular weight is 661 g/mol.